The van der Waals surface area contributed by atoms with Gasteiger partial charge in [-0.05, 0) is 24.5 Å². The number of hydrogen-bond donors (Lipinski definition) is 1. The van der Waals surface area contributed by atoms with Crippen LogP contribution in [0.1, 0.15) is 31.0 Å². The Morgan fingerprint density at radius 1 is 1.29 bits per heavy atom. The van der Waals surface area contributed by atoms with Crippen molar-refractivity contribution in [3.8, 4) is 0 Å². The summed E-state index contributed by atoms with van der Waals surface area (Å²) in [7, 11) is 0. The summed E-state index contributed by atoms with van der Waals surface area (Å²) in [5.41, 5.74) is 2.41. The Kier molecular flexibility index (Phi) is 2.06. The van der Waals surface area contributed by atoms with Crippen molar-refractivity contribution in [3.05, 3.63) is 35.3 Å². The summed E-state index contributed by atoms with van der Waals surface area (Å²) < 4.78 is 13.9. The van der Waals surface area contributed by atoms with Gasteiger partial charge in [-0.25, -0.2) is 4.39 Å². The smallest absolute Gasteiger partial charge is 0.150 e. The van der Waals surface area contributed by atoms with Crippen LogP contribution in [0.15, 0.2) is 18.2 Å². The largest absolute Gasteiger partial charge is 0.356 e. The minimum absolute atomic E-state index is 0.106. The third-order valence-electron chi connectivity index (χ3n) is 2.52. The maximum Gasteiger partial charge on any atom is 0.150 e. The van der Waals surface area contributed by atoms with Crippen molar-refractivity contribution < 1.29 is 4.39 Å². The van der Waals surface area contributed by atoms with E-state index in [-0.39, 0.29) is 11.7 Å². The van der Waals surface area contributed by atoms with Crippen LogP contribution in [0.2, 0.25) is 0 Å². The van der Waals surface area contributed by atoms with E-state index in [0.717, 1.165) is 16.6 Å². The van der Waals surface area contributed by atoms with Crippen LogP contribution in [-0.2, 0) is 0 Å². The summed E-state index contributed by atoms with van der Waals surface area (Å²) in [6, 6.07) is 5.80. The van der Waals surface area contributed by atoms with E-state index in [1.807, 2.05) is 39.0 Å². The highest BCUT2D eigenvalue weighted by molar-refractivity contribution is 5.81. The number of aryl methyl sites for hydroxylation is 1. The molecule has 1 N–H and O–H groups in total. The van der Waals surface area contributed by atoms with Gasteiger partial charge < -0.3 is 4.98 Å². The van der Waals surface area contributed by atoms with Crippen LogP contribution < -0.4 is 0 Å². The SMILES string of the molecule is Cc1cc2ccc(C(C)C)c(F)c2[nH]1. The molecule has 2 heteroatoms. The molecule has 1 nitrogen and oxygen atoms in total. The first-order chi connectivity index (χ1) is 6.59. The van der Waals surface area contributed by atoms with E-state index in [0.29, 0.717) is 5.52 Å². The lowest BCUT2D eigenvalue weighted by molar-refractivity contribution is 0.607. The summed E-state index contributed by atoms with van der Waals surface area (Å²) in [5, 5.41) is 0.949. The average Bonchev–Trinajstić information content (AvgIpc) is 2.46. The Morgan fingerprint density at radius 3 is 2.64 bits per heavy atom. The van der Waals surface area contributed by atoms with Crippen molar-refractivity contribution in [2.75, 3.05) is 0 Å². The normalized spacial score (nSPS) is 11.5. The molecular formula is C12H14FN. The van der Waals surface area contributed by atoms with Crippen LogP contribution in [0.4, 0.5) is 4.39 Å². The number of benzene rings is 1. The lowest BCUT2D eigenvalue weighted by atomic mass is 10.0. The Morgan fingerprint density at radius 2 is 2.00 bits per heavy atom. The third-order valence-corrected chi connectivity index (χ3v) is 2.52. The third kappa shape index (κ3) is 1.31. The minimum Gasteiger partial charge on any atom is -0.356 e. The average molecular weight is 191 g/mol. The zero-order chi connectivity index (χ0) is 10.3. The summed E-state index contributed by atoms with van der Waals surface area (Å²) in [5.74, 6) is 0.119. The molecule has 0 aliphatic carbocycles. The number of aromatic nitrogens is 1. The highest BCUT2D eigenvalue weighted by Gasteiger charge is 2.11. The summed E-state index contributed by atoms with van der Waals surface area (Å²) >= 11 is 0. The monoisotopic (exact) mass is 191 g/mol. The van der Waals surface area contributed by atoms with Gasteiger partial charge >= 0.3 is 0 Å². The molecule has 0 radical (unpaired) electrons. The molecule has 2 aromatic rings. The molecule has 0 aliphatic heterocycles. The van der Waals surface area contributed by atoms with Gasteiger partial charge in [0.15, 0.2) is 5.82 Å². The molecule has 0 fully saturated rings. The van der Waals surface area contributed by atoms with Crippen LogP contribution in [0.5, 0.6) is 0 Å². The second-order valence-electron chi connectivity index (χ2n) is 4.04. The van der Waals surface area contributed by atoms with Gasteiger partial charge in [0.1, 0.15) is 0 Å². The van der Waals surface area contributed by atoms with Crippen molar-refractivity contribution in [2.45, 2.75) is 26.7 Å². The molecule has 1 aromatic heterocycles. The fourth-order valence-electron chi connectivity index (χ4n) is 1.77. The summed E-state index contributed by atoms with van der Waals surface area (Å²) in [6.07, 6.45) is 0. The standard InChI is InChI=1S/C12H14FN/c1-7(2)10-5-4-9-6-8(3)14-12(9)11(10)13/h4-7,14H,1-3H3. The van der Waals surface area contributed by atoms with Gasteiger partial charge in [0.2, 0.25) is 0 Å². The van der Waals surface area contributed by atoms with E-state index < -0.39 is 0 Å². The number of hydrogen-bond acceptors (Lipinski definition) is 0. The van der Waals surface area contributed by atoms with Crippen LogP contribution in [-0.4, -0.2) is 4.98 Å². The van der Waals surface area contributed by atoms with Crippen molar-refractivity contribution >= 4 is 10.9 Å². The molecule has 0 saturated carbocycles. The highest BCUT2D eigenvalue weighted by atomic mass is 19.1. The topological polar surface area (TPSA) is 15.8 Å². The molecule has 74 valence electrons. The van der Waals surface area contributed by atoms with Crippen LogP contribution in [0.25, 0.3) is 10.9 Å². The van der Waals surface area contributed by atoms with Gasteiger partial charge in [-0.15, -0.1) is 0 Å². The van der Waals surface area contributed by atoms with Gasteiger partial charge in [-0.2, -0.15) is 0 Å². The van der Waals surface area contributed by atoms with Gasteiger partial charge in [-0.1, -0.05) is 26.0 Å². The van der Waals surface area contributed by atoms with E-state index in [1.54, 1.807) is 0 Å². The lowest BCUT2D eigenvalue weighted by Gasteiger charge is -2.06. The molecule has 0 unspecified atom stereocenters. The lowest BCUT2D eigenvalue weighted by Crippen LogP contribution is -1.93. The first kappa shape index (κ1) is 9.25. The van der Waals surface area contributed by atoms with Gasteiger partial charge in [-0.3, -0.25) is 0 Å². The number of fused-ring (bicyclic) bond motifs is 1. The molecule has 0 aliphatic rings. The number of rotatable bonds is 1. The summed E-state index contributed by atoms with van der Waals surface area (Å²) in [6.45, 7) is 5.94. The van der Waals surface area contributed by atoms with Crippen molar-refractivity contribution in [2.24, 2.45) is 0 Å². The molecule has 1 heterocycles. The molecule has 0 spiro atoms. The number of nitrogens with one attached hydrogen (secondary N) is 1. The van der Waals surface area contributed by atoms with Gasteiger partial charge in [0, 0.05) is 11.1 Å². The maximum absolute atomic E-state index is 13.9. The molecule has 2 rings (SSSR count). The molecular weight excluding hydrogens is 177 g/mol. The van der Waals surface area contributed by atoms with E-state index in [9.17, 15) is 4.39 Å². The molecule has 1 aromatic carbocycles. The van der Waals surface area contributed by atoms with E-state index in [2.05, 4.69) is 4.98 Å². The molecule has 14 heavy (non-hydrogen) atoms. The summed E-state index contributed by atoms with van der Waals surface area (Å²) in [4.78, 5) is 3.05. The van der Waals surface area contributed by atoms with Crippen molar-refractivity contribution in [1.29, 1.82) is 0 Å². The van der Waals surface area contributed by atoms with Crippen LogP contribution in [0.3, 0.4) is 0 Å². The van der Waals surface area contributed by atoms with E-state index in [1.165, 1.54) is 0 Å². The molecule has 0 atom stereocenters. The highest BCUT2D eigenvalue weighted by Crippen LogP contribution is 2.25. The van der Waals surface area contributed by atoms with Crippen LogP contribution in [0, 0.1) is 12.7 Å². The minimum atomic E-state index is -0.106. The second kappa shape index (κ2) is 3.12. The van der Waals surface area contributed by atoms with Gasteiger partial charge in [0.25, 0.3) is 0 Å². The quantitative estimate of drug-likeness (QED) is 0.706. The maximum atomic E-state index is 13.9. The molecule has 0 bridgehead atoms. The fourth-order valence-corrected chi connectivity index (χ4v) is 1.77. The fraction of sp³-hybridized carbons (Fsp3) is 0.333. The Hall–Kier alpha value is -1.31. The Balaban J connectivity index is 2.74. The number of H-pyrrole nitrogens is 1. The zero-order valence-corrected chi connectivity index (χ0v) is 8.69. The molecule has 0 amide bonds. The van der Waals surface area contributed by atoms with E-state index >= 15 is 0 Å². The van der Waals surface area contributed by atoms with Crippen molar-refractivity contribution in [3.63, 3.8) is 0 Å². The predicted molar refractivity (Wildman–Crippen MR) is 57.1 cm³/mol. The zero-order valence-electron chi connectivity index (χ0n) is 8.69. The van der Waals surface area contributed by atoms with E-state index in [4.69, 9.17) is 0 Å². The molecule has 0 saturated heterocycles. The van der Waals surface area contributed by atoms with Gasteiger partial charge in [0.05, 0.1) is 5.52 Å². The first-order valence-corrected chi connectivity index (χ1v) is 4.87. The number of halogens is 1. The predicted octanol–water partition coefficient (Wildman–Crippen LogP) is 3.74. The Labute approximate surface area is 82.9 Å². The van der Waals surface area contributed by atoms with Crippen molar-refractivity contribution in [1.82, 2.24) is 4.98 Å². The second-order valence-corrected chi connectivity index (χ2v) is 4.04. The number of aromatic amines is 1. The first-order valence-electron chi connectivity index (χ1n) is 4.87. The van der Waals surface area contributed by atoms with Crippen LogP contribution >= 0.6 is 0 Å². The Bertz CT molecular complexity index is 468.